The number of hydrogen-bond donors (Lipinski definition) is 2. The van der Waals surface area contributed by atoms with Crippen molar-refractivity contribution in [2.24, 2.45) is 5.92 Å². The number of hydrogen-bond acceptors (Lipinski definition) is 6. The third kappa shape index (κ3) is 4.99. The maximum Gasteiger partial charge on any atom is 0.166 e. The highest BCUT2D eigenvalue weighted by Gasteiger charge is 2.22. The Morgan fingerprint density at radius 2 is 2.12 bits per heavy atom. The van der Waals surface area contributed by atoms with E-state index in [0.29, 0.717) is 42.5 Å². The van der Waals surface area contributed by atoms with Crippen molar-refractivity contribution >= 4 is 29.0 Å². The second kappa shape index (κ2) is 9.62. The van der Waals surface area contributed by atoms with Crippen molar-refractivity contribution in [2.45, 2.75) is 32.1 Å². The number of aromatic nitrogens is 3. The minimum atomic E-state index is -0.662. The molecule has 10 heteroatoms. The first-order valence-electron chi connectivity index (χ1n) is 10.2. The molecule has 3 heterocycles. The van der Waals surface area contributed by atoms with Crippen molar-refractivity contribution in [3.8, 4) is 16.9 Å². The van der Waals surface area contributed by atoms with Crippen LogP contribution in [-0.2, 0) is 11.3 Å². The Kier molecular flexibility index (Phi) is 6.85. The van der Waals surface area contributed by atoms with Crippen LogP contribution in [0.4, 0.5) is 10.2 Å². The van der Waals surface area contributed by atoms with Crippen molar-refractivity contribution < 1.29 is 19.0 Å². The summed E-state index contributed by atoms with van der Waals surface area (Å²) in [5, 5.41) is 14.4. The van der Waals surface area contributed by atoms with Crippen molar-refractivity contribution in [1.29, 1.82) is 0 Å². The number of halogens is 3. The molecular formula is C22H23Cl2FN4O3. The van der Waals surface area contributed by atoms with Gasteiger partial charge < -0.3 is 20.3 Å². The summed E-state index contributed by atoms with van der Waals surface area (Å²) in [5.74, 6) is 0.120. The summed E-state index contributed by atoms with van der Waals surface area (Å²) in [6.45, 7) is 3.32. The standard InChI is InChI=1S/C22H23Cl2FN4O3/c1-12(20-17(23)2-3-18(25)21(20)24)32-19-5-14(6-27-22(19)26)15-7-28-29(9-15)8-13-4-16(30)11-31-10-13/h2-3,5-7,9,12-13,16,30H,4,8,10-11H2,1H3,(H2,26,27)/t12-,13?,16?/m1/s1. The molecule has 3 atom stereocenters. The Bertz CT molecular complexity index is 1110. The predicted octanol–water partition coefficient (Wildman–Crippen LogP) is 4.51. The van der Waals surface area contributed by atoms with Gasteiger partial charge in [0, 0.05) is 46.6 Å². The van der Waals surface area contributed by atoms with Crippen LogP contribution >= 0.6 is 23.2 Å². The lowest BCUT2D eigenvalue weighted by Crippen LogP contribution is -2.31. The zero-order chi connectivity index (χ0) is 22.8. The topological polar surface area (TPSA) is 95.4 Å². The minimum absolute atomic E-state index is 0.0919. The molecule has 1 aliphatic heterocycles. The van der Waals surface area contributed by atoms with Crippen molar-refractivity contribution in [1.82, 2.24) is 14.8 Å². The van der Waals surface area contributed by atoms with Crippen LogP contribution in [0.15, 0.2) is 36.8 Å². The Morgan fingerprint density at radius 3 is 2.91 bits per heavy atom. The molecule has 0 spiro atoms. The summed E-state index contributed by atoms with van der Waals surface area (Å²) in [4.78, 5) is 4.22. The summed E-state index contributed by atoms with van der Waals surface area (Å²) < 4.78 is 27.1. The molecule has 4 rings (SSSR count). The fourth-order valence-electron chi connectivity index (χ4n) is 3.77. The summed E-state index contributed by atoms with van der Waals surface area (Å²) in [6.07, 6.45) is 4.82. The highest BCUT2D eigenvalue weighted by Crippen LogP contribution is 2.37. The van der Waals surface area contributed by atoms with E-state index < -0.39 is 18.0 Å². The van der Waals surface area contributed by atoms with E-state index in [9.17, 15) is 9.50 Å². The number of nitrogens with two attached hydrogens (primary N) is 1. The normalized spacial score (nSPS) is 19.7. The van der Waals surface area contributed by atoms with E-state index in [-0.39, 0.29) is 16.8 Å². The van der Waals surface area contributed by atoms with Gasteiger partial charge >= 0.3 is 0 Å². The lowest BCUT2D eigenvalue weighted by atomic mass is 10.0. The molecule has 1 aliphatic rings. The number of rotatable bonds is 6. The van der Waals surface area contributed by atoms with Gasteiger partial charge in [-0.25, -0.2) is 9.37 Å². The van der Waals surface area contributed by atoms with Gasteiger partial charge in [-0.3, -0.25) is 4.68 Å². The van der Waals surface area contributed by atoms with Gasteiger partial charge in [-0.05, 0) is 31.5 Å². The number of nitrogens with zero attached hydrogens (tertiary/aromatic N) is 3. The molecular weight excluding hydrogens is 458 g/mol. The SMILES string of the molecule is C[C@@H](Oc1cc(-c2cnn(CC3COCC(O)C3)c2)cnc1N)c1c(Cl)ccc(F)c1Cl. The lowest BCUT2D eigenvalue weighted by molar-refractivity contribution is -0.0404. The van der Waals surface area contributed by atoms with Crippen LogP contribution in [0, 0.1) is 11.7 Å². The quantitative estimate of drug-likeness (QED) is 0.503. The maximum atomic E-state index is 13.9. The van der Waals surface area contributed by atoms with Crippen molar-refractivity contribution in [3.05, 3.63) is 58.2 Å². The van der Waals surface area contributed by atoms with Gasteiger partial charge in [0.05, 0.1) is 30.5 Å². The molecule has 7 nitrogen and oxygen atoms in total. The van der Waals surface area contributed by atoms with Gasteiger partial charge in [0.25, 0.3) is 0 Å². The number of pyridine rings is 1. The first kappa shape index (κ1) is 22.8. The molecule has 0 saturated carbocycles. The van der Waals surface area contributed by atoms with Crippen LogP contribution in [0.1, 0.15) is 25.0 Å². The van der Waals surface area contributed by atoms with Gasteiger partial charge in [0.15, 0.2) is 11.6 Å². The van der Waals surface area contributed by atoms with Gasteiger partial charge in [-0.1, -0.05) is 23.2 Å². The second-order valence-electron chi connectivity index (χ2n) is 7.87. The molecule has 0 radical (unpaired) electrons. The van der Waals surface area contributed by atoms with Crippen molar-refractivity contribution in [2.75, 3.05) is 18.9 Å². The fraction of sp³-hybridized carbons (Fsp3) is 0.364. The van der Waals surface area contributed by atoms with Gasteiger partial charge in [0.1, 0.15) is 11.9 Å². The molecule has 1 fully saturated rings. The fourth-order valence-corrected chi connectivity index (χ4v) is 4.45. The second-order valence-corrected chi connectivity index (χ2v) is 8.65. The third-order valence-electron chi connectivity index (χ3n) is 5.35. The van der Waals surface area contributed by atoms with E-state index in [1.807, 2.05) is 10.9 Å². The van der Waals surface area contributed by atoms with Crippen LogP contribution in [0.3, 0.4) is 0 Å². The summed E-state index contributed by atoms with van der Waals surface area (Å²) in [7, 11) is 0. The predicted molar refractivity (Wildman–Crippen MR) is 120 cm³/mol. The van der Waals surface area contributed by atoms with E-state index in [1.165, 1.54) is 12.1 Å². The number of aliphatic hydroxyl groups excluding tert-OH is 1. The smallest absolute Gasteiger partial charge is 0.166 e. The van der Waals surface area contributed by atoms with E-state index in [1.54, 1.807) is 25.4 Å². The molecule has 0 amide bonds. The zero-order valence-electron chi connectivity index (χ0n) is 17.3. The summed E-state index contributed by atoms with van der Waals surface area (Å²) in [6, 6.07) is 4.38. The average Bonchev–Trinajstić information content (AvgIpc) is 3.21. The molecule has 32 heavy (non-hydrogen) atoms. The first-order chi connectivity index (χ1) is 15.3. The third-order valence-corrected chi connectivity index (χ3v) is 6.07. The molecule has 2 unspecified atom stereocenters. The number of anilines is 1. The molecule has 2 aromatic heterocycles. The van der Waals surface area contributed by atoms with E-state index in [4.69, 9.17) is 38.4 Å². The van der Waals surface area contributed by atoms with Gasteiger partial charge in [0.2, 0.25) is 0 Å². The van der Waals surface area contributed by atoms with Crippen molar-refractivity contribution in [3.63, 3.8) is 0 Å². The molecule has 170 valence electrons. The highest BCUT2D eigenvalue weighted by molar-refractivity contribution is 6.36. The maximum absolute atomic E-state index is 13.9. The Balaban J connectivity index is 1.52. The Hall–Kier alpha value is -2.39. The first-order valence-corrected chi connectivity index (χ1v) is 10.9. The van der Waals surface area contributed by atoms with Crippen LogP contribution in [0.2, 0.25) is 10.0 Å². The van der Waals surface area contributed by atoms with Crippen LogP contribution < -0.4 is 10.5 Å². The summed E-state index contributed by atoms with van der Waals surface area (Å²) in [5.41, 5.74) is 7.92. The molecule has 0 aliphatic carbocycles. The van der Waals surface area contributed by atoms with E-state index in [0.717, 1.165) is 11.1 Å². The van der Waals surface area contributed by atoms with E-state index >= 15 is 0 Å². The molecule has 0 bridgehead atoms. The lowest BCUT2D eigenvalue weighted by Gasteiger charge is -2.25. The van der Waals surface area contributed by atoms with Crippen LogP contribution in [0.5, 0.6) is 5.75 Å². The number of aliphatic hydroxyl groups is 1. The van der Waals surface area contributed by atoms with Crippen LogP contribution in [0.25, 0.3) is 11.1 Å². The number of nitrogen functional groups attached to an aromatic ring is 1. The summed E-state index contributed by atoms with van der Waals surface area (Å²) >= 11 is 12.3. The zero-order valence-corrected chi connectivity index (χ0v) is 18.9. The monoisotopic (exact) mass is 480 g/mol. The Morgan fingerprint density at radius 1 is 1.31 bits per heavy atom. The minimum Gasteiger partial charge on any atom is -0.482 e. The van der Waals surface area contributed by atoms with Gasteiger partial charge in [-0.2, -0.15) is 5.10 Å². The highest BCUT2D eigenvalue weighted by atomic mass is 35.5. The number of ether oxygens (including phenoxy) is 2. The molecule has 3 aromatic rings. The number of benzene rings is 1. The Labute approximate surface area is 194 Å². The molecule has 1 aromatic carbocycles. The van der Waals surface area contributed by atoms with E-state index in [2.05, 4.69) is 10.1 Å². The molecule has 3 N–H and O–H groups in total. The van der Waals surface area contributed by atoms with Gasteiger partial charge in [-0.15, -0.1) is 0 Å². The van der Waals surface area contributed by atoms with Crippen LogP contribution in [-0.4, -0.2) is 39.2 Å². The molecule has 1 saturated heterocycles. The largest absolute Gasteiger partial charge is 0.482 e. The average molecular weight is 481 g/mol.